The number of primary amides is 1. The third kappa shape index (κ3) is 4.49. The highest BCUT2D eigenvalue weighted by molar-refractivity contribution is 7.92. The van der Waals surface area contributed by atoms with Crippen LogP contribution in [0.15, 0.2) is 53.4 Å². The fraction of sp³-hybridized carbons (Fsp3) is 0.125. The summed E-state index contributed by atoms with van der Waals surface area (Å²) in [5.74, 6) is -1.10. The number of benzene rings is 2. The lowest BCUT2D eigenvalue weighted by Gasteiger charge is -2.24. The van der Waals surface area contributed by atoms with Gasteiger partial charge in [-0.3, -0.25) is 13.9 Å². The first-order chi connectivity index (χ1) is 11.7. The molecule has 132 valence electrons. The fourth-order valence-electron chi connectivity index (χ4n) is 2.14. The van der Waals surface area contributed by atoms with Gasteiger partial charge in [0.25, 0.3) is 10.0 Å². The molecule has 25 heavy (non-hydrogen) atoms. The van der Waals surface area contributed by atoms with Gasteiger partial charge in [0.05, 0.1) is 15.6 Å². The number of halogens is 1. The van der Waals surface area contributed by atoms with Crippen molar-refractivity contribution in [3.63, 3.8) is 0 Å². The van der Waals surface area contributed by atoms with Gasteiger partial charge >= 0.3 is 0 Å². The Morgan fingerprint density at radius 1 is 1.12 bits per heavy atom. The lowest BCUT2D eigenvalue weighted by molar-refractivity contribution is -0.116. The number of amides is 2. The summed E-state index contributed by atoms with van der Waals surface area (Å²) in [7, 11) is -4.08. The molecular formula is C16H16ClN3O4S. The molecule has 0 fully saturated rings. The normalized spacial score (nSPS) is 11.0. The van der Waals surface area contributed by atoms with E-state index in [0.717, 1.165) is 4.31 Å². The number of hydrogen-bond acceptors (Lipinski definition) is 4. The molecule has 7 nitrogen and oxygen atoms in total. The number of nitrogens with zero attached hydrogens (tertiary/aromatic N) is 1. The number of nitrogens with one attached hydrogen (secondary N) is 1. The number of para-hydroxylation sites is 1. The van der Waals surface area contributed by atoms with E-state index in [2.05, 4.69) is 5.32 Å². The Labute approximate surface area is 150 Å². The Bertz CT molecular complexity index is 898. The van der Waals surface area contributed by atoms with Crippen molar-refractivity contribution < 1.29 is 18.0 Å². The first-order valence-electron chi connectivity index (χ1n) is 7.15. The van der Waals surface area contributed by atoms with E-state index in [1.807, 2.05) is 0 Å². The van der Waals surface area contributed by atoms with Crippen LogP contribution in [0.25, 0.3) is 0 Å². The van der Waals surface area contributed by atoms with E-state index in [4.69, 9.17) is 17.3 Å². The fourth-order valence-corrected chi connectivity index (χ4v) is 3.87. The summed E-state index contributed by atoms with van der Waals surface area (Å²) in [6.45, 7) is 0.788. The van der Waals surface area contributed by atoms with Crippen molar-refractivity contribution >= 4 is 44.8 Å². The van der Waals surface area contributed by atoms with Crippen LogP contribution in [0.2, 0.25) is 5.02 Å². The predicted molar refractivity (Wildman–Crippen MR) is 95.9 cm³/mol. The Morgan fingerprint density at radius 2 is 1.72 bits per heavy atom. The molecule has 0 saturated heterocycles. The lowest BCUT2D eigenvalue weighted by Crippen LogP contribution is -2.38. The molecule has 0 unspecified atom stereocenters. The molecule has 0 bridgehead atoms. The van der Waals surface area contributed by atoms with Crippen molar-refractivity contribution in [1.82, 2.24) is 0 Å². The molecule has 0 heterocycles. The number of carbonyl (C=O) groups is 2. The maximum Gasteiger partial charge on any atom is 0.264 e. The van der Waals surface area contributed by atoms with E-state index in [9.17, 15) is 18.0 Å². The topological polar surface area (TPSA) is 110 Å². The van der Waals surface area contributed by atoms with Gasteiger partial charge < -0.3 is 11.1 Å². The van der Waals surface area contributed by atoms with Gasteiger partial charge in [-0.25, -0.2) is 8.42 Å². The van der Waals surface area contributed by atoms with Gasteiger partial charge in [-0.05, 0) is 36.4 Å². The molecular weight excluding hydrogens is 366 g/mol. The molecule has 0 aliphatic heterocycles. The summed E-state index contributed by atoms with van der Waals surface area (Å²) in [6.07, 6.45) is 0. The first-order valence-corrected chi connectivity index (χ1v) is 8.97. The number of carbonyl (C=O) groups excluding carboxylic acids is 2. The molecule has 0 aromatic heterocycles. The van der Waals surface area contributed by atoms with Gasteiger partial charge in [-0.1, -0.05) is 23.7 Å². The van der Waals surface area contributed by atoms with E-state index in [1.165, 1.54) is 43.3 Å². The lowest BCUT2D eigenvalue weighted by atomic mass is 10.3. The van der Waals surface area contributed by atoms with Crippen LogP contribution in [0.3, 0.4) is 0 Å². The highest BCUT2D eigenvalue weighted by Gasteiger charge is 2.27. The van der Waals surface area contributed by atoms with E-state index >= 15 is 0 Å². The molecule has 3 N–H and O–H groups in total. The smallest absolute Gasteiger partial charge is 0.264 e. The molecule has 0 radical (unpaired) electrons. The van der Waals surface area contributed by atoms with Crippen molar-refractivity contribution in [3.05, 3.63) is 53.6 Å². The largest absolute Gasteiger partial charge is 0.368 e. The summed E-state index contributed by atoms with van der Waals surface area (Å²) < 4.78 is 26.7. The van der Waals surface area contributed by atoms with Gasteiger partial charge in [0, 0.05) is 12.6 Å². The van der Waals surface area contributed by atoms with Gasteiger partial charge in [0.15, 0.2) is 0 Å². The molecule has 2 aromatic rings. The van der Waals surface area contributed by atoms with Gasteiger partial charge in [0.2, 0.25) is 11.8 Å². The minimum atomic E-state index is -4.08. The van der Waals surface area contributed by atoms with Crippen LogP contribution in [0.4, 0.5) is 11.4 Å². The highest BCUT2D eigenvalue weighted by atomic mass is 35.5. The second kappa shape index (κ2) is 7.54. The molecule has 0 atom stereocenters. The molecule has 0 spiro atoms. The SMILES string of the molecule is CC(=O)Nc1ccc(S(=O)(=O)N(CC(N)=O)c2ccccc2Cl)cc1. The van der Waals surface area contributed by atoms with Crippen LogP contribution >= 0.6 is 11.6 Å². The highest BCUT2D eigenvalue weighted by Crippen LogP contribution is 2.30. The average Bonchev–Trinajstić information content (AvgIpc) is 2.53. The van der Waals surface area contributed by atoms with Crippen LogP contribution in [0, 0.1) is 0 Å². The van der Waals surface area contributed by atoms with Crippen molar-refractivity contribution in [2.75, 3.05) is 16.2 Å². The number of anilines is 2. The number of nitrogens with two attached hydrogens (primary N) is 1. The van der Waals surface area contributed by atoms with Gasteiger partial charge in [-0.2, -0.15) is 0 Å². The first kappa shape index (κ1) is 18.8. The Kier molecular flexibility index (Phi) is 5.66. The quantitative estimate of drug-likeness (QED) is 0.797. The number of sulfonamides is 1. The second-order valence-corrected chi connectivity index (χ2v) is 7.40. The van der Waals surface area contributed by atoms with Crippen molar-refractivity contribution in [1.29, 1.82) is 0 Å². The Balaban J connectivity index is 2.46. The minimum Gasteiger partial charge on any atom is -0.368 e. The number of rotatable bonds is 6. The molecule has 9 heteroatoms. The zero-order valence-electron chi connectivity index (χ0n) is 13.3. The predicted octanol–water partition coefficient (Wildman–Crippen LogP) is 1.98. The van der Waals surface area contributed by atoms with E-state index in [-0.39, 0.29) is 21.5 Å². The van der Waals surface area contributed by atoms with Gasteiger partial charge in [0.1, 0.15) is 6.54 Å². The van der Waals surface area contributed by atoms with Gasteiger partial charge in [-0.15, -0.1) is 0 Å². The standard InChI is InChI=1S/C16H16ClN3O4S/c1-11(21)19-12-6-8-13(9-7-12)25(23,24)20(10-16(18)22)15-5-3-2-4-14(15)17/h2-9H,10H2,1H3,(H2,18,22)(H,19,21). The summed E-state index contributed by atoms with van der Waals surface area (Å²) in [4.78, 5) is 22.3. The summed E-state index contributed by atoms with van der Waals surface area (Å²) >= 11 is 6.07. The van der Waals surface area contributed by atoms with Crippen molar-refractivity contribution in [2.24, 2.45) is 5.73 Å². The van der Waals surface area contributed by atoms with Crippen LogP contribution < -0.4 is 15.4 Å². The van der Waals surface area contributed by atoms with Crippen molar-refractivity contribution in [3.8, 4) is 0 Å². The van der Waals surface area contributed by atoms with E-state index in [1.54, 1.807) is 12.1 Å². The third-order valence-corrected chi connectivity index (χ3v) is 5.28. The maximum atomic E-state index is 12.9. The zero-order chi connectivity index (χ0) is 18.6. The summed E-state index contributed by atoms with van der Waals surface area (Å²) in [5, 5.41) is 2.71. The molecule has 0 aliphatic carbocycles. The molecule has 0 aliphatic rings. The second-order valence-electron chi connectivity index (χ2n) is 5.13. The van der Waals surface area contributed by atoms with Crippen LogP contribution in [-0.4, -0.2) is 26.8 Å². The molecule has 0 saturated carbocycles. The third-order valence-electron chi connectivity index (χ3n) is 3.18. The van der Waals surface area contributed by atoms with E-state index in [0.29, 0.717) is 5.69 Å². The Hall–Kier alpha value is -2.58. The minimum absolute atomic E-state index is 0.0669. The Morgan fingerprint density at radius 3 is 2.24 bits per heavy atom. The molecule has 2 amide bonds. The van der Waals surface area contributed by atoms with Crippen molar-refractivity contribution in [2.45, 2.75) is 11.8 Å². The molecule has 2 rings (SSSR count). The summed E-state index contributed by atoms with van der Waals surface area (Å²) in [6, 6.07) is 11.8. The zero-order valence-corrected chi connectivity index (χ0v) is 14.8. The maximum absolute atomic E-state index is 12.9. The average molecular weight is 382 g/mol. The monoisotopic (exact) mass is 381 g/mol. The van der Waals surface area contributed by atoms with Crippen LogP contribution in [0.5, 0.6) is 0 Å². The summed E-state index contributed by atoms with van der Waals surface area (Å²) in [5.41, 5.74) is 5.80. The van der Waals surface area contributed by atoms with E-state index < -0.39 is 22.5 Å². The number of hydrogen-bond donors (Lipinski definition) is 2. The van der Waals surface area contributed by atoms with Crippen LogP contribution in [0.1, 0.15) is 6.92 Å². The molecule has 2 aromatic carbocycles. The van der Waals surface area contributed by atoms with Crippen LogP contribution in [-0.2, 0) is 19.6 Å².